The minimum atomic E-state index is 0.505. The lowest BCUT2D eigenvalue weighted by Gasteiger charge is -2.20. The first-order valence-corrected chi connectivity index (χ1v) is 5.84. The van der Waals surface area contributed by atoms with Crippen LogP contribution in [0.25, 0.3) is 0 Å². The normalized spacial score (nSPS) is 15.4. The highest BCUT2D eigenvalue weighted by Crippen LogP contribution is 2.17. The number of anilines is 1. The zero-order valence-electron chi connectivity index (χ0n) is 10.6. The molecular weight excluding hydrogens is 214 g/mol. The van der Waals surface area contributed by atoms with Crippen LogP contribution in [0.15, 0.2) is 42.3 Å². The van der Waals surface area contributed by atoms with Gasteiger partial charge in [-0.1, -0.05) is 23.8 Å². The van der Waals surface area contributed by atoms with Crippen LogP contribution >= 0.6 is 0 Å². The first-order chi connectivity index (χ1) is 8.16. The molecule has 0 spiro atoms. The number of nitrogens with one attached hydrogen (secondary N) is 1. The maximum absolute atomic E-state index is 5.44. The molecule has 1 heterocycles. The van der Waals surface area contributed by atoms with Gasteiger partial charge in [-0.3, -0.25) is 4.90 Å². The molecule has 4 heteroatoms. The molecule has 1 aromatic carbocycles. The molecule has 0 unspecified atom stereocenters. The van der Waals surface area contributed by atoms with E-state index < -0.39 is 0 Å². The van der Waals surface area contributed by atoms with Gasteiger partial charge in [-0.25, -0.2) is 5.01 Å². The molecule has 0 fully saturated rings. The molecule has 1 aliphatic rings. The van der Waals surface area contributed by atoms with E-state index in [9.17, 15) is 0 Å². The summed E-state index contributed by atoms with van der Waals surface area (Å²) in [4.78, 5) is 7.66. The monoisotopic (exact) mass is 233 g/mol. The zero-order chi connectivity index (χ0) is 12.3. The fourth-order valence-electron chi connectivity index (χ4n) is 1.52. The fourth-order valence-corrected chi connectivity index (χ4v) is 1.52. The number of hydrogen-bond acceptors (Lipinski definition) is 4. The van der Waals surface area contributed by atoms with E-state index in [1.807, 2.05) is 41.5 Å². The Morgan fingerprint density at radius 3 is 2.65 bits per heavy atom. The lowest BCUT2D eigenvalue weighted by Crippen LogP contribution is -2.29. The first-order valence-electron chi connectivity index (χ1n) is 5.84. The van der Waals surface area contributed by atoms with Gasteiger partial charge in [0.25, 0.3) is 0 Å². The van der Waals surface area contributed by atoms with Crippen molar-refractivity contribution in [3.8, 4) is 0 Å². The van der Waals surface area contributed by atoms with E-state index >= 15 is 0 Å². The highest BCUT2D eigenvalue weighted by Gasteiger charge is 2.17. The van der Waals surface area contributed by atoms with Crippen molar-refractivity contribution >= 4 is 5.69 Å². The van der Waals surface area contributed by atoms with E-state index in [2.05, 4.69) is 31.4 Å². The Morgan fingerprint density at radius 2 is 2.00 bits per heavy atom. The van der Waals surface area contributed by atoms with Crippen LogP contribution in [-0.2, 0) is 4.84 Å². The smallest absolute Gasteiger partial charge is 0.158 e. The molecule has 0 amide bonds. The van der Waals surface area contributed by atoms with Crippen LogP contribution in [0.2, 0.25) is 0 Å². The minimum absolute atomic E-state index is 0.505. The molecular formula is C13H19N3O. The van der Waals surface area contributed by atoms with Gasteiger partial charge in [-0.2, -0.15) is 0 Å². The third-order valence-corrected chi connectivity index (χ3v) is 2.87. The number of hydrogen-bond donors (Lipinski definition) is 1. The number of hydrazine groups is 1. The van der Waals surface area contributed by atoms with Crippen LogP contribution in [0, 0.1) is 0 Å². The van der Waals surface area contributed by atoms with Crippen LogP contribution in [-0.4, -0.2) is 24.5 Å². The first kappa shape index (κ1) is 12.0. The molecule has 2 rings (SSSR count). The Morgan fingerprint density at radius 1 is 1.29 bits per heavy atom. The molecule has 92 valence electrons. The molecule has 0 saturated heterocycles. The van der Waals surface area contributed by atoms with Crippen LogP contribution in [0.3, 0.4) is 0 Å². The molecule has 0 bridgehead atoms. The lowest BCUT2D eigenvalue weighted by molar-refractivity contribution is 0.108. The standard InChI is InChI=1S/C13H19N3O/c1-11(2)15(3)9-13-10-16(14-17-13)12-7-5-4-6-8-12/h4-8,10-11,14H,9H2,1-3H3. The van der Waals surface area contributed by atoms with Crippen LogP contribution in [0.1, 0.15) is 13.8 Å². The van der Waals surface area contributed by atoms with Gasteiger partial charge in [0, 0.05) is 6.04 Å². The van der Waals surface area contributed by atoms with Crippen molar-refractivity contribution in [3.63, 3.8) is 0 Å². The van der Waals surface area contributed by atoms with Crippen molar-refractivity contribution in [2.45, 2.75) is 19.9 Å². The van der Waals surface area contributed by atoms with Crippen LogP contribution in [0.4, 0.5) is 5.69 Å². The minimum Gasteiger partial charge on any atom is -0.390 e. The Kier molecular flexibility index (Phi) is 3.66. The summed E-state index contributed by atoms with van der Waals surface area (Å²) >= 11 is 0. The highest BCUT2D eigenvalue weighted by molar-refractivity contribution is 5.48. The molecule has 1 aromatic rings. The van der Waals surface area contributed by atoms with Gasteiger partial charge in [-0.05, 0) is 33.0 Å². The number of para-hydroxylation sites is 1. The average Bonchev–Trinajstić information content (AvgIpc) is 2.78. The van der Waals surface area contributed by atoms with E-state index in [4.69, 9.17) is 4.84 Å². The van der Waals surface area contributed by atoms with Gasteiger partial charge in [0.2, 0.25) is 0 Å². The summed E-state index contributed by atoms with van der Waals surface area (Å²) in [6, 6.07) is 10.6. The Bertz CT molecular complexity index is 389. The summed E-state index contributed by atoms with van der Waals surface area (Å²) in [6.07, 6.45) is 1.98. The van der Waals surface area contributed by atoms with Crippen molar-refractivity contribution in [1.29, 1.82) is 0 Å². The van der Waals surface area contributed by atoms with Crippen LogP contribution < -0.4 is 10.6 Å². The second-order valence-electron chi connectivity index (χ2n) is 4.50. The van der Waals surface area contributed by atoms with Gasteiger partial charge in [0.15, 0.2) is 5.76 Å². The second kappa shape index (κ2) is 5.21. The number of rotatable bonds is 4. The molecule has 0 aliphatic carbocycles. The second-order valence-corrected chi connectivity index (χ2v) is 4.50. The van der Waals surface area contributed by atoms with E-state index in [1.54, 1.807) is 0 Å². The van der Waals surface area contributed by atoms with E-state index in [1.165, 1.54) is 0 Å². The quantitative estimate of drug-likeness (QED) is 0.862. The average molecular weight is 233 g/mol. The van der Waals surface area contributed by atoms with Gasteiger partial charge in [0.05, 0.1) is 18.4 Å². The summed E-state index contributed by atoms with van der Waals surface area (Å²) in [6.45, 7) is 5.13. The topological polar surface area (TPSA) is 27.7 Å². The summed E-state index contributed by atoms with van der Waals surface area (Å²) < 4.78 is 0. The molecule has 4 nitrogen and oxygen atoms in total. The molecule has 1 N–H and O–H groups in total. The Hall–Kier alpha value is -1.52. The maximum atomic E-state index is 5.44. The number of benzene rings is 1. The van der Waals surface area contributed by atoms with Crippen molar-refractivity contribution in [2.75, 3.05) is 18.6 Å². The molecule has 0 saturated carbocycles. The molecule has 0 aromatic heterocycles. The van der Waals surface area contributed by atoms with Crippen LogP contribution in [0.5, 0.6) is 0 Å². The Balaban J connectivity index is 2.00. The number of nitrogens with zero attached hydrogens (tertiary/aromatic N) is 2. The third kappa shape index (κ3) is 2.99. The van der Waals surface area contributed by atoms with Gasteiger partial charge < -0.3 is 4.84 Å². The van der Waals surface area contributed by atoms with Gasteiger partial charge >= 0.3 is 0 Å². The Labute approximate surface area is 102 Å². The molecule has 1 aliphatic heterocycles. The zero-order valence-corrected chi connectivity index (χ0v) is 10.6. The summed E-state index contributed by atoms with van der Waals surface area (Å²) in [5.74, 6) is 0.921. The number of likely N-dealkylation sites (N-methyl/N-ethyl adjacent to an activating group) is 1. The van der Waals surface area contributed by atoms with Crippen molar-refractivity contribution < 1.29 is 4.84 Å². The predicted octanol–water partition coefficient (Wildman–Crippen LogP) is 2.12. The predicted molar refractivity (Wildman–Crippen MR) is 69.0 cm³/mol. The van der Waals surface area contributed by atoms with E-state index in [-0.39, 0.29) is 0 Å². The summed E-state index contributed by atoms with van der Waals surface area (Å²) in [5.41, 5.74) is 3.95. The fraction of sp³-hybridized carbons (Fsp3) is 0.385. The van der Waals surface area contributed by atoms with Crippen molar-refractivity contribution in [1.82, 2.24) is 10.5 Å². The van der Waals surface area contributed by atoms with Crippen molar-refractivity contribution in [3.05, 3.63) is 42.3 Å². The maximum Gasteiger partial charge on any atom is 0.158 e. The summed E-state index contributed by atoms with van der Waals surface area (Å²) in [5, 5.41) is 1.88. The van der Waals surface area contributed by atoms with Gasteiger partial charge in [0.1, 0.15) is 0 Å². The summed E-state index contributed by atoms with van der Waals surface area (Å²) in [7, 11) is 2.08. The highest BCUT2D eigenvalue weighted by atomic mass is 16.7. The SMILES string of the molecule is CC(C)N(C)CC1=CN(c2ccccc2)NO1. The van der Waals surface area contributed by atoms with Crippen molar-refractivity contribution in [2.24, 2.45) is 0 Å². The van der Waals surface area contributed by atoms with E-state index in [0.29, 0.717) is 6.04 Å². The molecule has 0 atom stereocenters. The third-order valence-electron chi connectivity index (χ3n) is 2.87. The van der Waals surface area contributed by atoms with Gasteiger partial charge in [-0.15, -0.1) is 0 Å². The lowest BCUT2D eigenvalue weighted by atomic mass is 10.3. The molecule has 0 radical (unpaired) electrons. The largest absolute Gasteiger partial charge is 0.390 e. The van der Waals surface area contributed by atoms with E-state index in [0.717, 1.165) is 18.0 Å². The molecule has 17 heavy (non-hydrogen) atoms.